The Morgan fingerprint density at radius 2 is 1.60 bits per heavy atom. The van der Waals surface area contributed by atoms with Gasteiger partial charge in [0, 0.05) is 0 Å². The molecule has 1 aromatic rings. The second kappa shape index (κ2) is 13.6. The summed E-state index contributed by atoms with van der Waals surface area (Å²) in [4.78, 5) is 36.6. The minimum atomic E-state index is -0.749. The summed E-state index contributed by atoms with van der Waals surface area (Å²) in [6.45, 7) is 7.54. The molecule has 0 aliphatic rings. The number of hydrogen-bond donors (Lipinski definition) is 4. The molecule has 0 saturated heterocycles. The van der Waals surface area contributed by atoms with Crippen LogP contribution in [-0.4, -0.2) is 48.2 Å². The van der Waals surface area contributed by atoms with Crippen LogP contribution in [0.5, 0.6) is 0 Å². The van der Waals surface area contributed by atoms with E-state index in [1.807, 2.05) is 58.0 Å². The summed E-state index contributed by atoms with van der Waals surface area (Å²) in [7, 11) is 0. The van der Waals surface area contributed by atoms with Crippen LogP contribution in [0.25, 0.3) is 0 Å². The zero-order valence-electron chi connectivity index (χ0n) is 18.3. The second-order valence-electron chi connectivity index (χ2n) is 8.18. The van der Waals surface area contributed by atoms with Gasteiger partial charge in [0.1, 0.15) is 19.2 Å². The van der Waals surface area contributed by atoms with Crippen molar-refractivity contribution in [1.82, 2.24) is 16.0 Å². The minimum Gasteiger partial charge on any atom is -0.445 e. The van der Waals surface area contributed by atoms with Crippen LogP contribution < -0.4 is 16.0 Å². The molecule has 2 atom stereocenters. The fourth-order valence-electron chi connectivity index (χ4n) is 2.92. The van der Waals surface area contributed by atoms with Crippen molar-refractivity contribution in [2.45, 2.75) is 59.2 Å². The van der Waals surface area contributed by atoms with E-state index in [0.717, 1.165) is 5.56 Å². The zero-order chi connectivity index (χ0) is 22.5. The predicted molar refractivity (Wildman–Crippen MR) is 114 cm³/mol. The summed E-state index contributed by atoms with van der Waals surface area (Å²) in [5, 5.41) is 17.3. The summed E-state index contributed by atoms with van der Waals surface area (Å²) in [6.07, 6.45) is 0.367. The van der Waals surface area contributed by atoms with Crippen molar-refractivity contribution in [3.63, 3.8) is 0 Å². The molecular weight excluding hydrogens is 386 g/mol. The molecule has 8 nitrogen and oxygen atoms in total. The SMILES string of the molecule is CC(C)C[C@@H](CO)NC(=O)[C@H](CC(C)C)NC(=O)CNC(=O)OCc1ccccc1. The predicted octanol–water partition coefficient (Wildman–Crippen LogP) is 1.97. The molecule has 0 bridgehead atoms. The Bertz CT molecular complexity index is 664. The van der Waals surface area contributed by atoms with E-state index >= 15 is 0 Å². The van der Waals surface area contributed by atoms with Gasteiger partial charge in [0.15, 0.2) is 0 Å². The first-order chi connectivity index (χ1) is 14.2. The quantitative estimate of drug-likeness (QED) is 0.412. The summed E-state index contributed by atoms with van der Waals surface area (Å²) < 4.78 is 5.06. The molecule has 0 fully saturated rings. The summed E-state index contributed by atoms with van der Waals surface area (Å²) in [6, 6.07) is 8.08. The lowest BCUT2D eigenvalue weighted by Gasteiger charge is -2.24. The van der Waals surface area contributed by atoms with Gasteiger partial charge in [-0.1, -0.05) is 58.0 Å². The fraction of sp³-hybridized carbons (Fsp3) is 0.591. The molecular formula is C22H35N3O5. The van der Waals surface area contributed by atoms with Crippen LogP contribution in [0.1, 0.15) is 46.1 Å². The van der Waals surface area contributed by atoms with Crippen molar-refractivity contribution in [3.8, 4) is 0 Å². The molecule has 0 spiro atoms. The molecule has 3 amide bonds. The number of alkyl carbamates (subject to hydrolysis) is 1. The Morgan fingerprint density at radius 3 is 2.17 bits per heavy atom. The van der Waals surface area contributed by atoms with Gasteiger partial charge in [-0.05, 0) is 30.2 Å². The standard InChI is InChI=1S/C22H35N3O5/c1-15(2)10-18(13-26)24-21(28)19(11-16(3)4)25-20(27)12-23-22(29)30-14-17-8-6-5-7-9-17/h5-9,15-16,18-19,26H,10-14H2,1-4H3,(H,23,29)(H,24,28)(H,25,27)/t18-,19-/m0/s1. The molecule has 0 unspecified atom stereocenters. The highest BCUT2D eigenvalue weighted by molar-refractivity contribution is 5.89. The highest BCUT2D eigenvalue weighted by atomic mass is 16.5. The van der Waals surface area contributed by atoms with Gasteiger partial charge in [0.05, 0.1) is 12.6 Å². The van der Waals surface area contributed by atoms with Crippen LogP contribution in [0.15, 0.2) is 30.3 Å². The molecule has 0 aliphatic heterocycles. The van der Waals surface area contributed by atoms with Crippen LogP contribution >= 0.6 is 0 Å². The van der Waals surface area contributed by atoms with Gasteiger partial charge in [0.2, 0.25) is 11.8 Å². The number of carbonyl (C=O) groups excluding carboxylic acids is 3. The Hall–Kier alpha value is -2.61. The lowest BCUT2D eigenvalue weighted by atomic mass is 10.0. The minimum absolute atomic E-state index is 0.102. The largest absolute Gasteiger partial charge is 0.445 e. The van der Waals surface area contributed by atoms with Crippen molar-refractivity contribution in [2.75, 3.05) is 13.2 Å². The Kier molecular flexibility index (Phi) is 11.5. The number of nitrogens with one attached hydrogen (secondary N) is 3. The monoisotopic (exact) mass is 421 g/mol. The topological polar surface area (TPSA) is 117 Å². The highest BCUT2D eigenvalue weighted by Gasteiger charge is 2.24. The number of rotatable bonds is 12. The first-order valence-corrected chi connectivity index (χ1v) is 10.4. The zero-order valence-corrected chi connectivity index (χ0v) is 18.3. The lowest BCUT2D eigenvalue weighted by Crippen LogP contribution is -2.52. The van der Waals surface area contributed by atoms with Gasteiger partial charge in [-0.25, -0.2) is 4.79 Å². The van der Waals surface area contributed by atoms with Gasteiger partial charge < -0.3 is 25.8 Å². The van der Waals surface area contributed by atoms with Gasteiger partial charge >= 0.3 is 6.09 Å². The van der Waals surface area contributed by atoms with E-state index in [1.54, 1.807) is 0 Å². The molecule has 0 heterocycles. The van der Waals surface area contributed by atoms with E-state index in [2.05, 4.69) is 16.0 Å². The van der Waals surface area contributed by atoms with Gasteiger partial charge in [-0.15, -0.1) is 0 Å². The Labute approximate surface area is 178 Å². The number of carbonyl (C=O) groups is 3. The molecule has 4 N–H and O–H groups in total. The van der Waals surface area contributed by atoms with Crippen LogP contribution in [0.4, 0.5) is 4.79 Å². The van der Waals surface area contributed by atoms with E-state index in [4.69, 9.17) is 4.74 Å². The number of hydrogen-bond acceptors (Lipinski definition) is 5. The Morgan fingerprint density at radius 1 is 0.967 bits per heavy atom. The van der Waals surface area contributed by atoms with E-state index in [1.165, 1.54) is 0 Å². The first kappa shape index (κ1) is 25.4. The number of ether oxygens (including phenoxy) is 1. The molecule has 30 heavy (non-hydrogen) atoms. The summed E-state index contributed by atoms with van der Waals surface area (Å²) in [5.74, 6) is -0.352. The van der Waals surface area contributed by atoms with Crippen molar-refractivity contribution < 1.29 is 24.2 Å². The van der Waals surface area contributed by atoms with Gasteiger partial charge in [-0.3, -0.25) is 9.59 Å². The van der Waals surface area contributed by atoms with Crippen LogP contribution in [0, 0.1) is 11.8 Å². The molecule has 8 heteroatoms. The maximum Gasteiger partial charge on any atom is 0.407 e. The van der Waals surface area contributed by atoms with E-state index in [0.29, 0.717) is 18.8 Å². The molecule has 0 aliphatic carbocycles. The van der Waals surface area contributed by atoms with E-state index < -0.39 is 18.0 Å². The smallest absolute Gasteiger partial charge is 0.407 e. The third-order valence-corrected chi connectivity index (χ3v) is 4.29. The van der Waals surface area contributed by atoms with Crippen LogP contribution in [-0.2, 0) is 20.9 Å². The maximum absolute atomic E-state index is 12.6. The van der Waals surface area contributed by atoms with E-state index in [9.17, 15) is 19.5 Å². The van der Waals surface area contributed by atoms with Crippen LogP contribution in [0.3, 0.4) is 0 Å². The molecule has 0 aromatic heterocycles. The van der Waals surface area contributed by atoms with Crippen molar-refractivity contribution in [2.24, 2.45) is 11.8 Å². The lowest BCUT2D eigenvalue weighted by molar-refractivity contribution is -0.129. The molecule has 0 saturated carbocycles. The highest BCUT2D eigenvalue weighted by Crippen LogP contribution is 2.08. The summed E-state index contributed by atoms with van der Waals surface area (Å²) in [5.41, 5.74) is 0.839. The second-order valence-corrected chi connectivity index (χ2v) is 8.18. The Balaban J connectivity index is 2.50. The molecule has 1 rings (SSSR count). The fourth-order valence-corrected chi connectivity index (χ4v) is 2.92. The maximum atomic E-state index is 12.6. The number of aliphatic hydroxyl groups is 1. The third-order valence-electron chi connectivity index (χ3n) is 4.29. The normalized spacial score (nSPS) is 12.9. The summed E-state index contributed by atoms with van der Waals surface area (Å²) >= 11 is 0. The van der Waals surface area contributed by atoms with Crippen LogP contribution in [0.2, 0.25) is 0 Å². The molecule has 168 valence electrons. The van der Waals surface area contributed by atoms with Gasteiger partial charge in [-0.2, -0.15) is 0 Å². The molecule has 1 aromatic carbocycles. The van der Waals surface area contributed by atoms with E-state index in [-0.39, 0.29) is 37.6 Å². The first-order valence-electron chi connectivity index (χ1n) is 10.4. The van der Waals surface area contributed by atoms with Crippen molar-refractivity contribution >= 4 is 17.9 Å². The average Bonchev–Trinajstić information content (AvgIpc) is 2.69. The van der Waals surface area contributed by atoms with Crippen molar-refractivity contribution in [3.05, 3.63) is 35.9 Å². The third kappa shape index (κ3) is 10.8. The van der Waals surface area contributed by atoms with Crippen molar-refractivity contribution in [1.29, 1.82) is 0 Å². The van der Waals surface area contributed by atoms with Gasteiger partial charge in [0.25, 0.3) is 0 Å². The number of amides is 3. The number of aliphatic hydroxyl groups excluding tert-OH is 1. The number of benzene rings is 1. The average molecular weight is 422 g/mol. The molecule has 0 radical (unpaired) electrons.